The van der Waals surface area contributed by atoms with Crippen LogP contribution >= 0.6 is 0 Å². The second kappa shape index (κ2) is 8.79. The Morgan fingerprint density at radius 1 is 1.00 bits per heavy atom. The first-order valence-electron chi connectivity index (χ1n) is 9.05. The Labute approximate surface area is 154 Å². The van der Waals surface area contributed by atoms with Gasteiger partial charge in [-0.1, -0.05) is 66.2 Å². The third-order valence-corrected chi connectivity index (χ3v) is 4.82. The first kappa shape index (κ1) is 18.4. The summed E-state index contributed by atoms with van der Waals surface area (Å²) in [5.74, 6) is -0.856. The molecule has 0 aliphatic carbocycles. The molecule has 0 amide bonds. The quantitative estimate of drug-likeness (QED) is 0.791. The summed E-state index contributed by atoms with van der Waals surface area (Å²) in [4.78, 5) is 13.1. The lowest BCUT2D eigenvalue weighted by Gasteiger charge is -2.35. The lowest BCUT2D eigenvalue weighted by Crippen LogP contribution is -2.40. The van der Waals surface area contributed by atoms with Gasteiger partial charge in [0.15, 0.2) is 0 Å². The molecule has 3 rings (SSSR count). The summed E-state index contributed by atoms with van der Waals surface area (Å²) in [6.07, 6.45) is 2.73. The highest BCUT2D eigenvalue weighted by atomic mass is 16.5. The molecule has 1 aliphatic rings. The van der Waals surface area contributed by atoms with Gasteiger partial charge in [-0.15, -0.1) is 0 Å². The van der Waals surface area contributed by atoms with Crippen LogP contribution in [0.5, 0.6) is 0 Å². The number of likely N-dealkylation sites (tertiary alicyclic amines) is 1. The summed E-state index contributed by atoms with van der Waals surface area (Å²) in [6, 6.07) is 20.5. The zero-order valence-electron chi connectivity index (χ0n) is 15.0. The summed E-state index contributed by atoms with van der Waals surface area (Å²) in [6.45, 7) is 3.71. The predicted molar refractivity (Wildman–Crippen MR) is 102 cm³/mol. The van der Waals surface area contributed by atoms with E-state index < -0.39 is 5.97 Å². The van der Waals surface area contributed by atoms with Gasteiger partial charge in [0.2, 0.25) is 0 Å². The van der Waals surface area contributed by atoms with Crippen LogP contribution in [-0.2, 0) is 9.53 Å². The Morgan fingerprint density at radius 3 is 1.96 bits per heavy atom. The van der Waals surface area contributed by atoms with Crippen LogP contribution in [0, 0.1) is 0 Å². The average molecular weight is 351 g/mol. The summed E-state index contributed by atoms with van der Waals surface area (Å²) in [7, 11) is 0. The Morgan fingerprint density at radius 2 is 1.50 bits per heavy atom. The molecule has 0 spiro atoms. The molecule has 1 atom stereocenters. The van der Waals surface area contributed by atoms with E-state index in [9.17, 15) is 4.79 Å². The average Bonchev–Trinajstić information content (AvgIpc) is 2.67. The van der Waals surface area contributed by atoms with E-state index in [0.29, 0.717) is 0 Å². The number of piperidine rings is 1. The number of carbonyl (C=O) groups is 1. The molecule has 0 aromatic heterocycles. The maximum atomic E-state index is 10.8. The van der Waals surface area contributed by atoms with E-state index in [0.717, 1.165) is 42.6 Å². The van der Waals surface area contributed by atoms with Crippen LogP contribution in [0.2, 0.25) is 0 Å². The van der Waals surface area contributed by atoms with Crippen LogP contribution in [0.25, 0.3) is 0 Å². The first-order valence-corrected chi connectivity index (χ1v) is 9.05. The van der Waals surface area contributed by atoms with E-state index in [2.05, 4.69) is 36.1 Å². The zero-order chi connectivity index (χ0) is 18.4. The van der Waals surface area contributed by atoms with Crippen LogP contribution in [-0.4, -0.2) is 35.3 Å². The van der Waals surface area contributed by atoms with Crippen LogP contribution in [0.15, 0.2) is 72.3 Å². The lowest BCUT2D eigenvalue weighted by molar-refractivity contribution is -0.131. The molecule has 0 bridgehead atoms. The van der Waals surface area contributed by atoms with Crippen molar-refractivity contribution < 1.29 is 14.6 Å². The number of nitrogens with zero attached hydrogens (tertiary/aromatic N) is 1. The van der Waals surface area contributed by atoms with Gasteiger partial charge in [0.1, 0.15) is 12.3 Å². The number of aliphatic carboxylic acids is 1. The van der Waals surface area contributed by atoms with Crippen LogP contribution in [0.4, 0.5) is 0 Å². The van der Waals surface area contributed by atoms with Crippen LogP contribution in [0.1, 0.15) is 37.0 Å². The van der Waals surface area contributed by atoms with Gasteiger partial charge in [0.25, 0.3) is 0 Å². The highest BCUT2D eigenvalue weighted by Gasteiger charge is 2.24. The van der Waals surface area contributed by atoms with Crippen molar-refractivity contribution in [2.24, 2.45) is 0 Å². The predicted octanol–water partition coefficient (Wildman–Crippen LogP) is 4.25. The van der Waals surface area contributed by atoms with Gasteiger partial charge in [0.05, 0.1) is 0 Å². The SMILES string of the molecule is CC(OC(c1ccccc1)c1ccccc1)N1CCC(=CC(=O)O)CC1. The van der Waals surface area contributed by atoms with Crippen molar-refractivity contribution in [3.8, 4) is 0 Å². The number of ether oxygens (including phenoxy) is 1. The Kier molecular flexibility index (Phi) is 6.21. The number of benzene rings is 2. The van der Waals surface area contributed by atoms with Crippen molar-refractivity contribution in [1.82, 2.24) is 4.90 Å². The summed E-state index contributed by atoms with van der Waals surface area (Å²) in [5.41, 5.74) is 3.27. The van der Waals surface area contributed by atoms with Crippen LogP contribution in [0.3, 0.4) is 0 Å². The number of hydrogen-bond acceptors (Lipinski definition) is 3. The summed E-state index contributed by atoms with van der Waals surface area (Å²) in [5, 5.41) is 8.90. The van der Waals surface area contributed by atoms with Gasteiger partial charge in [0, 0.05) is 19.2 Å². The fraction of sp³-hybridized carbons (Fsp3) is 0.318. The molecule has 1 N–H and O–H groups in total. The van der Waals surface area contributed by atoms with Gasteiger partial charge in [-0.25, -0.2) is 4.79 Å². The third kappa shape index (κ3) is 4.81. The second-order valence-corrected chi connectivity index (χ2v) is 6.61. The van der Waals surface area contributed by atoms with Gasteiger partial charge in [-0.05, 0) is 30.9 Å². The minimum Gasteiger partial charge on any atom is -0.478 e. The highest BCUT2D eigenvalue weighted by molar-refractivity contribution is 5.80. The van der Waals surface area contributed by atoms with Gasteiger partial charge >= 0.3 is 5.97 Å². The Bertz CT molecular complexity index is 693. The Hall–Kier alpha value is -2.43. The largest absolute Gasteiger partial charge is 0.478 e. The smallest absolute Gasteiger partial charge is 0.328 e. The van der Waals surface area contributed by atoms with Crippen molar-refractivity contribution in [3.63, 3.8) is 0 Å². The number of rotatable bonds is 6. The topological polar surface area (TPSA) is 49.8 Å². The molecule has 1 saturated heterocycles. The fourth-order valence-corrected chi connectivity index (χ4v) is 3.38. The molecule has 26 heavy (non-hydrogen) atoms. The van der Waals surface area contributed by atoms with Crippen molar-refractivity contribution in [2.75, 3.05) is 13.1 Å². The minimum atomic E-state index is -0.856. The number of carboxylic acid groups (broad SMARTS) is 1. The summed E-state index contributed by atoms with van der Waals surface area (Å²) >= 11 is 0. The second-order valence-electron chi connectivity index (χ2n) is 6.61. The van der Waals surface area contributed by atoms with E-state index in [-0.39, 0.29) is 12.3 Å². The molecule has 0 radical (unpaired) electrons. The standard InChI is InChI=1S/C22H25NO3/c1-17(23-14-12-18(13-15-23)16-21(24)25)26-22(19-8-4-2-5-9-19)20-10-6-3-7-11-20/h2-11,16-17,22H,12-15H2,1H3,(H,24,25). The van der Waals surface area contributed by atoms with Gasteiger partial charge in [-0.3, -0.25) is 4.90 Å². The molecular weight excluding hydrogens is 326 g/mol. The normalized spacial score (nSPS) is 16.5. The molecule has 1 unspecified atom stereocenters. The zero-order valence-corrected chi connectivity index (χ0v) is 15.0. The highest BCUT2D eigenvalue weighted by Crippen LogP contribution is 2.29. The van der Waals surface area contributed by atoms with Gasteiger partial charge in [-0.2, -0.15) is 0 Å². The van der Waals surface area contributed by atoms with E-state index in [4.69, 9.17) is 9.84 Å². The molecule has 4 nitrogen and oxygen atoms in total. The van der Waals surface area contributed by atoms with E-state index in [1.165, 1.54) is 6.08 Å². The molecular formula is C22H25NO3. The molecule has 136 valence electrons. The molecule has 1 aliphatic heterocycles. The minimum absolute atomic E-state index is 0.0493. The number of carboxylic acids is 1. The summed E-state index contributed by atoms with van der Waals surface area (Å²) < 4.78 is 6.47. The first-order chi connectivity index (χ1) is 12.6. The molecule has 1 heterocycles. The van der Waals surface area contributed by atoms with Crippen molar-refractivity contribution in [2.45, 2.75) is 32.1 Å². The van der Waals surface area contributed by atoms with E-state index in [1.54, 1.807) is 0 Å². The van der Waals surface area contributed by atoms with Gasteiger partial charge < -0.3 is 9.84 Å². The molecule has 2 aromatic rings. The van der Waals surface area contributed by atoms with Crippen molar-refractivity contribution >= 4 is 5.97 Å². The molecule has 4 heteroatoms. The molecule has 0 saturated carbocycles. The maximum absolute atomic E-state index is 10.8. The molecule has 1 fully saturated rings. The number of hydrogen-bond donors (Lipinski definition) is 1. The van der Waals surface area contributed by atoms with E-state index in [1.807, 2.05) is 36.4 Å². The van der Waals surface area contributed by atoms with Crippen molar-refractivity contribution in [1.29, 1.82) is 0 Å². The fourth-order valence-electron chi connectivity index (χ4n) is 3.38. The lowest BCUT2D eigenvalue weighted by atomic mass is 10.0. The molecule has 2 aromatic carbocycles. The van der Waals surface area contributed by atoms with Crippen LogP contribution < -0.4 is 0 Å². The van der Waals surface area contributed by atoms with Crippen molar-refractivity contribution in [3.05, 3.63) is 83.4 Å². The van der Waals surface area contributed by atoms with E-state index >= 15 is 0 Å². The monoisotopic (exact) mass is 351 g/mol. The maximum Gasteiger partial charge on any atom is 0.328 e. The third-order valence-electron chi connectivity index (χ3n) is 4.82. The Balaban J connectivity index is 1.71.